The summed E-state index contributed by atoms with van der Waals surface area (Å²) < 4.78 is 0. The van der Waals surface area contributed by atoms with Crippen molar-refractivity contribution >= 4 is 18.3 Å². The lowest BCUT2D eigenvalue weighted by atomic mass is 9.99. The Hall–Kier alpha value is -1.06. The molecule has 1 amide bonds. The molecule has 2 rings (SSSR count). The van der Waals surface area contributed by atoms with Crippen molar-refractivity contribution in [1.29, 1.82) is 0 Å². The van der Waals surface area contributed by atoms with E-state index in [1.165, 1.54) is 12.8 Å². The van der Waals surface area contributed by atoms with Gasteiger partial charge in [-0.3, -0.25) is 4.79 Å². The predicted octanol–water partition coefficient (Wildman–Crippen LogP) is 2.40. The Balaban J connectivity index is 0.00000180. The number of aryl methyl sites for hydroxylation is 1. The zero-order valence-corrected chi connectivity index (χ0v) is 12.3. The number of carbonyl (C=O) groups excluding carboxylic acids is 1. The average Bonchev–Trinajstić information content (AvgIpc) is 2.45. The van der Waals surface area contributed by atoms with Crippen molar-refractivity contribution in [2.24, 2.45) is 5.92 Å². The van der Waals surface area contributed by atoms with Crippen LogP contribution in [0.25, 0.3) is 0 Å². The smallest absolute Gasteiger partial charge is 0.251 e. The van der Waals surface area contributed by atoms with E-state index < -0.39 is 0 Å². The van der Waals surface area contributed by atoms with Crippen molar-refractivity contribution in [2.45, 2.75) is 26.2 Å². The van der Waals surface area contributed by atoms with Gasteiger partial charge in [-0.05, 0) is 49.9 Å². The van der Waals surface area contributed by atoms with Gasteiger partial charge in [0, 0.05) is 12.1 Å². The third-order valence-electron chi connectivity index (χ3n) is 3.59. The van der Waals surface area contributed by atoms with Gasteiger partial charge in [-0.2, -0.15) is 0 Å². The first-order valence-corrected chi connectivity index (χ1v) is 6.88. The molecule has 1 aliphatic rings. The molecule has 0 radical (unpaired) electrons. The molecule has 1 heterocycles. The van der Waals surface area contributed by atoms with Gasteiger partial charge in [0.25, 0.3) is 5.91 Å². The molecule has 1 atom stereocenters. The van der Waals surface area contributed by atoms with Crippen molar-refractivity contribution in [3.05, 3.63) is 35.4 Å². The highest BCUT2D eigenvalue weighted by atomic mass is 35.5. The van der Waals surface area contributed by atoms with Crippen LogP contribution in [-0.4, -0.2) is 25.5 Å². The first-order chi connectivity index (χ1) is 8.81. The molecule has 0 saturated carbocycles. The lowest BCUT2D eigenvalue weighted by Gasteiger charge is -2.23. The molecule has 4 heteroatoms. The van der Waals surface area contributed by atoms with Gasteiger partial charge < -0.3 is 10.6 Å². The van der Waals surface area contributed by atoms with Crippen molar-refractivity contribution in [2.75, 3.05) is 19.6 Å². The first-order valence-electron chi connectivity index (χ1n) is 6.88. The minimum absolute atomic E-state index is 0. The molecule has 0 aliphatic carbocycles. The molecule has 2 N–H and O–H groups in total. The lowest BCUT2D eigenvalue weighted by molar-refractivity contribution is 0.0944. The van der Waals surface area contributed by atoms with Crippen LogP contribution in [0.15, 0.2) is 24.3 Å². The van der Waals surface area contributed by atoms with E-state index in [1.54, 1.807) is 0 Å². The summed E-state index contributed by atoms with van der Waals surface area (Å²) in [7, 11) is 0. The standard InChI is InChI=1S/C15H22N2O.ClH/c1-2-13-7-3-4-8-14(13)15(18)17-11-12-6-5-9-16-10-12;/h3-4,7-8,12,16H,2,5-6,9-11H2,1H3,(H,17,18);1H. The maximum atomic E-state index is 12.1. The second-order valence-electron chi connectivity index (χ2n) is 4.93. The highest BCUT2D eigenvalue weighted by Crippen LogP contribution is 2.11. The van der Waals surface area contributed by atoms with Crippen molar-refractivity contribution in [3.8, 4) is 0 Å². The molecule has 1 aromatic rings. The van der Waals surface area contributed by atoms with Crippen molar-refractivity contribution in [1.82, 2.24) is 10.6 Å². The molecule has 19 heavy (non-hydrogen) atoms. The van der Waals surface area contributed by atoms with Gasteiger partial charge in [0.05, 0.1) is 0 Å². The van der Waals surface area contributed by atoms with E-state index in [4.69, 9.17) is 0 Å². The maximum absolute atomic E-state index is 12.1. The molecule has 0 aromatic heterocycles. The van der Waals surface area contributed by atoms with Gasteiger partial charge >= 0.3 is 0 Å². The summed E-state index contributed by atoms with van der Waals surface area (Å²) in [4.78, 5) is 12.1. The highest BCUT2D eigenvalue weighted by Gasteiger charge is 2.15. The summed E-state index contributed by atoms with van der Waals surface area (Å²) in [6.45, 7) is 5.00. The molecular weight excluding hydrogens is 260 g/mol. The second kappa shape index (κ2) is 8.18. The normalized spacial score (nSPS) is 18.5. The van der Waals surface area contributed by atoms with Crippen LogP contribution < -0.4 is 10.6 Å². The molecule has 1 fully saturated rings. The Morgan fingerprint density at radius 3 is 2.89 bits per heavy atom. The van der Waals surface area contributed by atoms with E-state index in [2.05, 4.69) is 17.6 Å². The summed E-state index contributed by atoms with van der Waals surface area (Å²) in [5, 5.41) is 6.43. The summed E-state index contributed by atoms with van der Waals surface area (Å²) in [5.74, 6) is 0.648. The van der Waals surface area contributed by atoms with E-state index in [-0.39, 0.29) is 18.3 Å². The van der Waals surface area contributed by atoms with Gasteiger partial charge in [0.15, 0.2) is 0 Å². The number of amides is 1. The number of rotatable bonds is 4. The van der Waals surface area contributed by atoms with Crippen LogP contribution in [0.2, 0.25) is 0 Å². The van der Waals surface area contributed by atoms with Gasteiger partial charge in [-0.25, -0.2) is 0 Å². The number of carbonyl (C=O) groups is 1. The minimum Gasteiger partial charge on any atom is -0.352 e. The van der Waals surface area contributed by atoms with E-state index >= 15 is 0 Å². The summed E-state index contributed by atoms with van der Waals surface area (Å²) >= 11 is 0. The number of piperidine rings is 1. The second-order valence-corrected chi connectivity index (χ2v) is 4.93. The summed E-state index contributed by atoms with van der Waals surface area (Å²) in [6.07, 6.45) is 3.32. The third-order valence-corrected chi connectivity index (χ3v) is 3.59. The predicted molar refractivity (Wildman–Crippen MR) is 81.0 cm³/mol. The van der Waals surface area contributed by atoms with Crippen LogP contribution in [0.4, 0.5) is 0 Å². The van der Waals surface area contributed by atoms with Gasteiger partial charge in [0.2, 0.25) is 0 Å². The van der Waals surface area contributed by atoms with Crippen LogP contribution in [-0.2, 0) is 6.42 Å². The SMILES string of the molecule is CCc1ccccc1C(=O)NCC1CCCNC1.Cl. The topological polar surface area (TPSA) is 41.1 Å². The summed E-state index contributed by atoms with van der Waals surface area (Å²) in [5.41, 5.74) is 1.94. The number of benzene rings is 1. The number of halogens is 1. The Bertz CT molecular complexity index is 403. The maximum Gasteiger partial charge on any atom is 0.251 e. The number of hydrogen-bond donors (Lipinski definition) is 2. The fourth-order valence-electron chi connectivity index (χ4n) is 2.48. The Labute approximate surface area is 121 Å². The zero-order chi connectivity index (χ0) is 12.8. The fraction of sp³-hybridized carbons (Fsp3) is 0.533. The van der Waals surface area contributed by atoms with Crippen LogP contribution in [0.3, 0.4) is 0 Å². The van der Waals surface area contributed by atoms with E-state index in [0.717, 1.165) is 37.2 Å². The fourth-order valence-corrected chi connectivity index (χ4v) is 2.48. The van der Waals surface area contributed by atoms with Crippen molar-refractivity contribution < 1.29 is 4.79 Å². The monoisotopic (exact) mass is 282 g/mol. The number of nitrogens with one attached hydrogen (secondary N) is 2. The van der Waals surface area contributed by atoms with Gasteiger partial charge in [0.1, 0.15) is 0 Å². The van der Waals surface area contributed by atoms with Crippen molar-refractivity contribution in [3.63, 3.8) is 0 Å². The zero-order valence-electron chi connectivity index (χ0n) is 11.4. The van der Waals surface area contributed by atoms with Crippen LogP contribution in [0.5, 0.6) is 0 Å². The Morgan fingerprint density at radius 2 is 2.21 bits per heavy atom. The quantitative estimate of drug-likeness (QED) is 0.890. The molecule has 0 bridgehead atoms. The molecule has 1 aliphatic heterocycles. The lowest BCUT2D eigenvalue weighted by Crippen LogP contribution is -2.38. The Kier molecular flexibility index (Phi) is 6.89. The first kappa shape index (κ1) is 16.0. The summed E-state index contributed by atoms with van der Waals surface area (Å²) in [6, 6.07) is 7.85. The van der Waals surface area contributed by atoms with E-state index in [0.29, 0.717) is 5.92 Å². The molecule has 106 valence electrons. The molecule has 1 saturated heterocycles. The van der Waals surface area contributed by atoms with E-state index in [1.807, 2.05) is 24.3 Å². The largest absolute Gasteiger partial charge is 0.352 e. The van der Waals surface area contributed by atoms with E-state index in [9.17, 15) is 4.79 Å². The molecule has 1 unspecified atom stereocenters. The molecule has 0 spiro atoms. The average molecular weight is 283 g/mol. The third kappa shape index (κ3) is 4.51. The van der Waals surface area contributed by atoms with Gasteiger partial charge in [-0.1, -0.05) is 25.1 Å². The molecular formula is C15H23ClN2O. The molecule has 1 aromatic carbocycles. The highest BCUT2D eigenvalue weighted by molar-refractivity contribution is 5.95. The van der Waals surface area contributed by atoms with Crippen LogP contribution >= 0.6 is 12.4 Å². The molecule has 3 nitrogen and oxygen atoms in total. The van der Waals surface area contributed by atoms with Crippen LogP contribution in [0.1, 0.15) is 35.7 Å². The van der Waals surface area contributed by atoms with Crippen LogP contribution in [0, 0.1) is 5.92 Å². The minimum atomic E-state index is 0. The number of hydrogen-bond acceptors (Lipinski definition) is 2. The van der Waals surface area contributed by atoms with Gasteiger partial charge in [-0.15, -0.1) is 12.4 Å². The Morgan fingerprint density at radius 1 is 1.42 bits per heavy atom.